The van der Waals surface area contributed by atoms with Crippen LogP contribution in [0.4, 0.5) is 0 Å². The maximum Gasteiger partial charge on any atom is 0.0991 e. The van der Waals surface area contributed by atoms with Crippen LogP contribution in [0.5, 0.6) is 0 Å². The van der Waals surface area contributed by atoms with E-state index in [1.807, 2.05) is 24.5 Å². The molecular formula is C10H10N2S. The van der Waals surface area contributed by atoms with Gasteiger partial charge in [0, 0.05) is 12.6 Å². The van der Waals surface area contributed by atoms with Crippen molar-refractivity contribution in [3.05, 3.63) is 35.4 Å². The fourth-order valence-electron chi connectivity index (χ4n) is 1.06. The first kappa shape index (κ1) is 9.82. The van der Waals surface area contributed by atoms with Crippen molar-refractivity contribution in [1.29, 1.82) is 5.26 Å². The van der Waals surface area contributed by atoms with Crippen LogP contribution in [0.2, 0.25) is 0 Å². The van der Waals surface area contributed by atoms with E-state index < -0.39 is 0 Å². The first-order chi connectivity index (χ1) is 6.31. The highest BCUT2D eigenvalue weighted by molar-refractivity contribution is 8.13. The zero-order valence-electron chi connectivity index (χ0n) is 7.61. The molecule has 0 aliphatic rings. The molecule has 0 saturated carbocycles. The molecule has 3 heteroatoms. The lowest BCUT2D eigenvalue weighted by molar-refractivity contribution is 1.44. The molecule has 0 bridgehead atoms. The summed E-state index contributed by atoms with van der Waals surface area (Å²) in [5.41, 5.74) is 1.68. The summed E-state index contributed by atoms with van der Waals surface area (Å²) in [7, 11) is 1.75. The normalized spacial score (nSPS) is 11.0. The Morgan fingerprint density at radius 1 is 1.54 bits per heavy atom. The number of rotatable bonds is 1. The number of benzene rings is 1. The largest absolute Gasteiger partial charge is 0.281 e. The zero-order valence-corrected chi connectivity index (χ0v) is 8.43. The average Bonchev–Trinajstić information content (AvgIpc) is 2.20. The van der Waals surface area contributed by atoms with Gasteiger partial charge in [0.25, 0.3) is 0 Å². The van der Waals surface area contributed by atoms with Gasteiger partial charge in [-0.25, -0.2) is 0 Å². The molecule has 0 radical (unpaired) electrons. The van der Waals surface area contributed by atoms with Gasteiger partial charge in [0.05, 0.1) is 16.7 Å². The van der Waals surface area contributed by atoms with Gasteiger partial charge in [-0.15, -0.1) is 11.8 Å². The molecule has 0 unspecified atom stereocenters. The molecule has 0 heterocycles. The molecule has 1 aromatic rings. The van der Waals surface area contributed by atoms with Crippen molar-refractivity contribution in [3.63, 3.8) is 0 Å². The van der Waals surface area contributed by atoms with Crippen molar-refractivity contribution < 1.29 is 0 Å². The van der Waals surface area contributed by atoms with Gasteiger partial charge in [0.15, 0.2) is 0 Å². The molecule has 0 amide bonds. The standard InChI is InChI=1S/C10H10N2S/c1-12-10(13-2)9-5-3-4-8(6-9)7-11/h3-6H,1-2H3. The highest BCUT2D eigenvalue weighted by Gasteiger charge is 2.00. The van der Waals surface area contributed by atoms with E-state index in [9.17, 15) is 0 Å². The van der Waals surface area contributed by atoms with Crippen molar-refractivity contribution >= 4 is 16.8 Å². The summed E-state index contributed by atoms with van der Waals surface area (Å²) in [6.45, 7) is 0. The fraction of sp³-hybridized carbons (Fsp3) is 0.200. The highest BCUT2D eigenvalue weighted by atomic mass is 32.2. The van der Waals surface area contributed by atoms with Gasteiger partial charge >= 0.3 is 0 Å². The Hall–Kier alpha value is -1.27. The predicted octanol–water partition coefficient (Wildman–Crippen LogP) is 2.30. The van der Waals surface area contributed by atoms with Crippen LogP contribution in [0.3, 0.4) is 0 Å². The van der Waals surface area contributed by atoms with Gasteiger partial charge in [-0.2, -0.15) is 5.26 Å². The average molecular weight is 190 g/mol. The van der Waals surface area contributed by atoms with Gasteiger partial charge < -0.3 is 0 Å². The van der Waals surface area contributed by atoms with Crippen molar-refractivity contribution in [1.82, 2.24) is 0 Å². The SMILES string of the molecule is CN=C(SC)c1cccc(C#N)c1. The molecule has 0 N–H and O–H groups in total. The molecule has 0 aromatic heterocycles. The van der Waals surface area contributed by atoms with Crippen LogP contribution in [0.15, 0.2) is 29.3 Å². The maximum absolute atomic E-state index is 8.69. The van der Waals surface area contributed by atoms with Crippen molar-refractivity contribution in [3.8, 4) is 6.07 Å². The molecule has 0 aliphatic carbocycles. The van der Waals surface area contributed by atoms with Crippen molar-refractivity contribution in [2.45, 2.75) is 0 Å². The third-order valence-corrected chi connectivity index (χ3v) is 2.44. The molecule has 0 aliphatic heterocycles. The highest BCUT2D eigenvalue weighted by Crippen LogP contribution is 2.12. The number of hydrogen-bond donors (Lipinski definition) is 0. The molecule has 0 saturated heterocycles. The monoisotopic (exact) mass is 190 g/mol. The van der Waals surface area contributed by atoms with Crippen LogP contribution in [0.25, 0.3) is 0 Å². The Balaban J connectivity index is 3.09. The Bertz CT molecular complexity index is 363. The molecule has 1 aromatic carbocycles. The van der Waals surface area contributed by atoms with Crippen molar-refractivity contribution in [2.24, 2.45) is 4.99 Å². The van der Waals surface area contributed by atoms with E-state index in [4.69, 9.17) is 5.26 Å². The Morgan fingerprint density at radius 3 is 2.85 bits per heavy atom. The second-order valence-corrected chi connectivity index (χ2v) is 3.22. The van der Waals surface area contributed by atoms with Crippen LogP contribution in [-0.2, 0) is 0 Å². The summed E-state index contributed by atoms with van der Waals surface area (Å²) >= 11 is 1.58. The van der Waals surface area contributed by atoms with E-state index in [0.29, 0.717) is 5.56 Å². The lowest BCUT2D eigenvalue weighted by Gasteiger charge is -2.01. The van der Waals surface area contributed by atoms with E-state index in [1.165, 1.54) is 0 Å². The van der Waals surface area contributed by atoms with Crippen LogP contribution in [0.1, 0.15) is 11.1 Å². The number of thioether (sulfide) groups is 1. The molecule has 13 heavy (non-hydrogen) atoms. The second-order valence-electron chi connectivity index (χ2n) is 2.43. The van der Waals surface area contributed by atoms with Crippen LogP contribution >= 0.6 is 11.8 Å². The molecule has 2 nitrogen and oxygen atoms in total. The van der Waals surface area contributed by atoms with E-state index in [0.717, 1.165) is 10.6 Å². The Labute approximate surface area is 82.3 Å². The first-order valence-corrected chi connectivity index (χ1v) is 5.05. The summed E-state index contributed by atoms with van der Waals surface area (Å²) in [4.78, 5) is 4.12. The fourth-order valence-corrected chi connectivity index (χ4v) is 1.61. The van der Waals surface area contributed by atoms with Crippen LogP contribution in [0, 0.1) is 11.3 Å². The Kier molecular flexibility index (Phi) is 3.53. The number of aliphatic imine (C=N–C) groups is 1. The number of hydrogen-bond acceptors (Lipinski definition) is 3. The predicted molar refractivity (Wildman–Crippen MR) is 57.1 cm³/mol. The molecular weight excluding hydrogens is 180 g/mol. The molecule has 0 spiro atoms. The summed E-state index contributed by atoms with van der Waals surface area (Å²) in [5, 5.41) is 9.65. The molecule has 66 valence electrons. The number of nitrogens with zero attached hydrogens (tertiary/aromatic N) is 2. The minimum Gasteiger partial charge on any atom is -0.281 e. The van der Waals surface area contributed by atoms with E-state index in [1.54, 1.807) is 24.9 Å². The smallest absolute Gasteiger partial charge is 0.0991 e. The summed E-state index contributed by atoms with van der Waals surface area (Å²) < 4.78 is 0. The third kappa shape index (κ3) is 2.33. The minimum absolute atomic E-state index is 0.674. The van der Waals surface area contributed by atoms with Crippen LogP contribution < -0.4 is 0 Å². The van der Waals surface area contributed by atoms with E-state index in [-0.39, 0.29) is 0 Å². The quantitative estimate of drug-likeness (QED) is 0.503. The van der Waals surface area contributed by atoms with Gasteiger partial charge in [-0.3, -0.25) is 4.99 Å². The van der Waals surface area contributed by atoms with E-state index >= 15 is 0 Å². The minimum atomic E-state index is 0.674. The van der Waals surface area contributed by atoms with E-state index in [2.05, 4.69) is 11.1 Å². The summed E-state index contributed by atoms with van der Waals surface area (Å²) in [6.07, 6.45) is 1.97. The summed E-state index contributed by atoms with van der Waals surface area (Å²) in [5.74, 6) is 0. The maximum atomic E-state index is 8.69. The zero-order chi connectivity index (χ0) is 9.68. The van der Waals surface area contributed by atoms with Gasteiger partial charge in [0.1, 0.15) is 0 Å². The molecule has 0 atom stereocenters. The third-order valence-electron chi connectivity index (χ3n) is 1.64. The molecule has 1 rings (SSSR count). The Morgan fingerprint density at radius 2 is 2.31 bits per heavy atom. The van der Waals surface area contributed by atoms with Gasteiger partial charge in [-0.1, -0.05) is 12.1 Å². The second kappa shape index (κ2) is 4.68. The lowest BCUT2D eigenvalue weighted by atomic mass is 10.1. The van der Waals surface area contributed by atoms with Crippen molar-refractivity contribution in [2.75, 3.05) is 13.3 Å². The van der Waals surface area contributed by atoms with Gasteiger partial charge in [0.2, 0.25) is 0 Å². The summed E-state index contributed by atoms with van der Waals surface area (Å²) in [6, 6.07) is 9.57. The molecule has 0 fully saturated rings. The first-order valence-electron chi connectivity index (χ1n) is 3.83. The van der Waals surface area contributed by atoms with Crippen LogP contribution in [-0.4, -0.2) is 18.3 Å². The van der Waals surface area contributed by atoms with Gasteiger partial charge in [-0.05, 0) is 18.4 Å². The topological polar surface area (TPSA) is 36.1 Å². The lowest BCUT2D eigenvalue weighted by Crippen LogP contribution is -1.94. The number of nitriles is 1.